The number of ether oxygens (including phenoxy) is 1. The predicted molar refractivity (Wildman–Crippen MR) is 93.7 cm³/mol. The van der Waals surface area contributed by atoms with Gasteiger partial charge in [-0.1, -0.05) is 24.3 Å². The van der Waals surface area contributed by atoms with Gasteiger partial charge in [0.15, 0.2) is 6.61 Å². The Labute approximate surface area is 151 Å². The maximum atomic E-state index is 12.8. The van der Waals surface area contributed by atoms with Gasteiger partial charge in [-0.2, -0.15) is 4.31 Å². The number of primary amides is 1. The van der Waals surface area contributed by atoms with Crippen molar-refractivity contribution in [2.45, 2.75) is 17.9 Å². The van der Waals surface area contributed by atoms with E-state index in [1.54, 1.807) is 0 Å². The fourth-order valence-electron chi connectivity index (χ4n) is 2.81. The summed E-state index contributed by atoms with van der Waals surface area (Å²) in [5, 5.41) is 0. The maximum absolute atomic E-state index is 12.8. The van der Waals surface area contributed by atoms with E-state index in [1.165, 1.54) is 28.6 Å². The van der Waals surface area contributed by atoms with Gasteiger partial charge >= 0.3 is 5.97 Å². The molecule has 0 aromatic heterocycles. The van der Waals surface area contributed by atoms with Gasteiger partial charge in [-0.15, -0.1) is 0 Å². The molecule has 2 aromatic carbocycles. The van der Waals surface area contributed by atoms with Crippen LogP contribution in [-0.4, -0.2) is 37.8 Å². The lowest BCUT2D eigenvalue weighted by atomic mass is 10.0. The third kappa shape index (κ3) is 3.76. The first-order chi connectivity index (χ1) is 12.4. The lowest BCUT2D eigenvalue weighted by molar-refractivity contribution is -0.121. The van der Waals surface area contributed by atoms with Gasteiger partial charge < -0.3 is 10.5 Å². The van der Waals surface area contributed by atoms with E-state index in [2.05, 4.69) is 0 Å². The number of esters is 1. The van der Waals surface area contributed by atoms with Crippen LogP contribution in [0.1, 0.15) is 21.5 Å². The number of nitrogens with zero attached hydrogens (tertiary/aromatic N) is 1. The Kier molecular flexibility index (Phi) is 5.06. The van der Waals surface area contributed by atoms with Crippen LogP contribution in [0.4, 0.5) is 0 Å². The van der Waals surface area contributed by atoms with Crippen molar-refractivity contribution < 1.29 is 22.7 Å². The summed E-state index contributed by atoms with van der Waals surface area (Å²) in [6, 6.07) is 13.2. The molecule has 1 amide bonds. The molecule has 136 valence electrons. The number of carbonyl (C=O) groups excluding carboxylic acids is 2. The van der Waals surface area contributed by atoms with Crippen LogP contribution < -0.4 is 5.73 Å². The SMILES string of the molecule is NC(=O)COC(=O)c1ccc(S(=O)(=O)N2CCc3ccccc3C2)cc1. The highest BCUT2D eigenvalue weighted by molar-refractivity contribution is 7.89. The fraction of sp³-hybridized carbons (Fsp3) is 0.222. The number of carbonyl (C=O) groups is 2. The number of amides is 1. The van der Waals surface area contributed by atoms with Gasteiger partial charge in [0, 0.05) is 13.1 Å². The predicted octanol–water partition coefficient (Wildman–Crippen LogP) is 1.08. The van der Waals surface area contributed by atoms with Crippen molar-refractivity contribution >= 4 is 21.9 Å². The standard InChI is InChI=1S/C18H18N2O5S/c19-17(21)12-25-18(22)14-5-7-16(8-6-14)26(23,24)20-10-9-13-3-1-2-4-15(13)11-20/h1-8H,9-12H2,(H2,19,21). The molecule has 0 fully saturated rings. The molecule has 0 saturated carbocycles. The van der Waals surface area contributed by atoms with E-state index in [0.29, 0.717) is 19.5 Å². The molecule has 1 aliphatic rings. The van der Waals surface area contributed by atoms with Crippen LogP contribution in [-0.2, 0) is 32.5 Å². The van der Waals surface area contributed by atoms with Crippen molar-refractivity contribution in [3.63, 3.8) is 0 Å². The number of nitrogens with two attached hydrogens (primary N) is 1. The molecule has 1 heterocycles. The van der Waals surface area contributed by atoms with Crippen molar-refractivity contribution in [2.75, 3.05) is 13.2 Å². The number of sulfonamides is 1. The first-order valence-corrected chi connectivity index (χ1v) is 9.44. The Hall–Kier alpha value is -2.71. The van der Waals surface area contributed by atoms with Gasteiger partial charge in [-0.05, 0) is 41.8 Å². The Morgan fingerprint density at radius 1 is 1.04 bits per heavy atom. The zero-order valence-electron chi connectivity index (χ0n) is 13.9. The van der Waals surface area contributed by atoms with Crippen molar-refractivity contribution in [1.29, 1.82) is 0 Å². The topological polar surface area (TPSA) is 107 Å². The number of hydrogen-bond donors (Lipinski definition) is 1. The molecule has 1 aliphatic heterocycles. The lowest BCUT2D eigenvalue weighted by Gasteiger charge is -2.28. The number of benzene rings is 2. The van der Waals surface area contributed by atoms with Crippen molar-refractivity contribution in [2.24, 2.45) is 5.73 Å². The van der Waals surface area contributed by atoms with Crippen LogP contribution >= 0.6 is 0 Å². The van der Waals surface area contributed by atoms with Crippen LogP contribution in [0.25, 0.3) is 0 Å². The summed E-state index contributed by atoms with van der Waals surface area (Å²) >= 11 is 0. The smallest absolute Gasteiger partial charge is 0.338 e. The molecular formula is C18H18N2O5S. The average Bonchev–Trinajstić information content (AvgIpc) is 2.65. The van der Waals surface area contributed by atoms with Crippen LogP contribution in [0.3, 0.4) is 0 Å². The van der Waals surface area contributed by atoms with Crippen LogP contribution in [0.2, 0.25) is 0 Å². The fourth-order valence-corrected chi connectivity index (χ4v) is 4.23. The first kappa shape index (κ1) is 18.1. The minimum Gasteiger partial charge on any atom is -0.452 e. The van der Waals surface area contributed by atoms with Gasteiger partial charge in [0.25, 0.3) is 5.91 Å². The molecule has 0 unspecified atom stereocenters. The summed E-state index contributed by atoms with van der Waals surface area (Å²) in [5.41, 5.74) is 7.22. The van der Waals surface area contributed by atoms with Gasteiger partial charge in [0.2, 0.25) is 10.0 Å². The summed E-state index contributed by atoms with van der Waals surface area (Å²) in [4.78, 5) is 22.5. The van der Waals surface area contributed by atoms with E-state index < -0.39 is 28.5 Å². The van der Waals surface area contributed by atoms with Gasteiger partial charge in [0.1, 0.15) is 0 Å². The highest BCUT2D eigenvalue weighted by atomic mass is 32.2. The van der Waals surface area contributed by atoms with Crippen LogP contribution in [0.15, 0.2) is 53.4 Å². The second-order valence-corrected chi connectivity index (χ2v) is 7.86. The second-order valence-electron chi connectivity index (χ2n) is 5.92. The van der Waals surface area contributed by atoms with Gasteiger partial charge in [-0.25, -0.2) is 13.2 Å². The van der Waals surface area contributed by atoms with E-state index in [4.69, 9.17) is 10.5 Å². The van der Waals surface area contributed by atoms with Crippen molar-refractivity contribution in [3.8, 4) is 0 Å². The van der Waals surface area contributed by atoms with E-state index in [0.717, 1.165) is 11.1 Å². The van der Waals surface area contributed by atoms with E-state index >= 15 is 0 Å². The molecule has 0 bridgehead atoms. The minimum absolute atomic E-state index is 0.100. The Bertz CT molecular complexity index is 938. The lowest BCUT2D eigenvalue weighted by Crippen LogP contribution is -2.35. The molecule has 26 heavy (non-hydrogen) atoms. The molecule has 8 heteroatoms. The van der Waals surface area contributed by atoms with Crippen molar-refractivity contribution in [1.82, 2.24) is 4.31 Å². The third-order valence-corrected chi connectivity index (χ3v) is 6.03. The molecule has 7 nitrogen and oxygen atoms in total. The Morgan fingerprint density at radius 2 is 1.69 bits per heavy atom. The van der Waals surface area contributed by atoms with E-state index in [-0.39, 0.29) is 10.5 Å². The molecule has 2 aromatic rings. The monoisotopic (exact) mass is 374 g/mol. The minimum atomic E-state index is -3.67. The third-order valence-electron chi connectivity index (χ3n) is 4.17. The number of fused-ring (bicyclic) bond motifs is 1. The summed E-state index contributed by atoms with van der Waals surface area (Å²) < 4.78 is 31.8. The zero-order chi connectivity index (χ0) is 18.7. The first-order valence-electron chi connectivity index (χ1n) is 8.00. The van der Waals surface area contributed by atoms with Crippen molar-refractivity contribution in [3.05, 3.63) is 65.2 Å². The summed E-state index contributed by atoms with van der Waals surface area (Å²) in [6.07, 6.45) is 0.660. The van der Waals surface area contributed by atoms with E-state index in [1.807, 2.05) is 24.3 Å². The largest absolute Gasteiger partial charge is 0.452 e. The molecule has 0 saturated heterocycles. The summed E-state index contributed by atoms with van der Waals surface area (Å²) in [7, 11) is -3.67. The zero-order valence-corrected chi connectivity index (χ0v) is 14.7. The normalized spacial score (nSPS) is 14.5. The Balaban J connectivity index is 1.76. The quantitative estimate of drug-likeness (QED) is 0.788. The highest BCUT2D eigenvalue weighted by Crippen LogP contribution is 2.25. The van der Waals surface area contributed by atoms with E-state index in [9.17, 15) is 18.0 Å². The molecule has 0 aliphatic carbocycles. The Morgan fingerprint density at radius 3 is 2.35 bits per heavy atom. The highest BCUT2D eigenvalue weighted by Gasteiger charge is 2.28. The second kappa shape index (κ2) is 7.27. The molecular weight excluding hydrogens is 356 g/mol. The molecule has 0 atom stereocenters. The maximum Gasteiger partial charge on any atom is 0.338 e. The molecule has 0 radical (unpaired) electrons. The summed E-state index contributed by atoms with van der Waals surface area (Å²) in [6.45, 7) is 0.203. The van der Waals surface area contributed by atoms with Gasteiger partial charge in [0.05, 0.1) is 10.5 Å². The average molecular weight is 374 g/mol. The molecule has 2 N–H and O–H groups in total. The number of hydrogen-bond acceptors (Lipinski definition) is 5. The molecule has 0 spiro atoms. The van der Waals surface area contributed by atoms with Crippen LogP contribution in [0, 0.1) is 0 Å². The summed E-state index contributed by atoms with van der Waals surface area (Å²) in [5.74, 6) is -1.50. The number of rotatable bonds is 5. The van der Waals surface area contributed by atoms with Crippen LogP contribution in [0.5, 0.6) is 0 Å². The molecule has 3 rings (SSSR count). The van der Waals surface area contributed by atoms with Gasteiger partial charge in [-0.3, -0.25) is 4.79 Å².